The Morgan fingerprint density at radius 2 is 1.72 bits per heavy atom. The van der Waals surface area contributed by atoms with Crippen LogP contribution in [0.15, 0.2) is 42.5 Å². The van der Waals surface area contributed by atoms with Crippen LogP contribution in [0.1, 0.15) is 23.2 Å². The van der Waals surface area contributed by atoms with Crippen molar-refractivity contribution >= 4 is 27.5 Å². The van der Waals surface area contributed by atoms with E-state index in [1.807, 2.05) is 24.3 Å². The molecular formula is C16H18OS. The SMILES string of the molecule is O=C(C[SH]1CCCC1)c1ccc2ccccc2c1. The molecule has 2 heteroatoms. The van der Waals surface area contributed by atoms with Gasteiger partial charge in [-0.05, 0) is 41.2 Å². The fourth-order valence-corrected chi connectivity index (χ4v) is 5.07. The van der Waals surface area contributed by atoms with Crippen LogP contribution >= 0.6 is 10.9 Å². The van der Waals surface area contributed by atoms with Crippen molar-refractivity contribution in [2.45, 2.75) is 12.8 Å². The molecule has 0 amide bonds. The third-order valence-corrected chi connectivity index (χ3v) is 6.27. The van der Waals surface area contributed by atoms with Gasteiger partial charge in [0.1, 0.15) is 0 Å². The molecule has 94 valence electrons. The Hall–Kier alpha value is -1.28. The maximum Gasteiger partial charge on any atom is 0.171 e. The first-order valence-corrected chi connectivity index (χ1v) is 8.47. The van der Waals surface area contributed by atoms with Crippen LogP contribution in [-0.2, 0) is 0 Å². The number of benzene rings is 2. The molecule has 1 saturated heterocycles. The molecular weight excluding hydrogens is 240 g/mol. The summed E-state index contributed by atoms with van der Waals surface area (Å²) in [5, 5.41) is 2.38. The highest BCUT2D eigenvalue weighted by atomic mass is 32.2. The van der Waals surface area contributed by atoms with Crippen molar-refractivity contribution in [1.82, 2.24) is 0 Å². The zero-order valence-electron chi connectivity index (χ0n) is 10.4. The number of carbonyl (C=O) groups is 1. The normalized spacial score (nSPS) is 17.2. The second-order valence-corrected chi connectivity index (χ2v) is 7.52. The highest BCUT2D eigenvalue weighted by Crippen LogP contribution is 2.34. The summed E-state index contributed by atoms with van der Waals surface area (Å²) in [6.45, 7) is 0. The lowest BCUT2D eigenvalue weighted by molar-refractivity contribution is 0.102. The fraction of sp³-hybridized carbons (Fsp3) is 0.312. The van der Waals surface area contributed by atoms with Crippen LogP contribution in [0.5, 0.6) is 0 Å². The van der Waals surface area contributed by atoms with Crippen molar-refractivity contribution in [2.24, 2.45) is 0 Å². The van der Waals surface area contributed by atoms with E-state index in [2.05, 4.69) is 18.2 Å². The van der Waals surface area contributed by atoms with Gasteiger partial charge in [0.2, 0.25) is 0 Å². The van der Waals surface area contributed by atoms with Gasteiger partial charge in [0, 0.05) is 11.3 Å². The molecule has 2 aromatic carbocycles. The molecule has 0 N–H and O–H groups in total. The summed E-state index contributed by atoms with van der Waals surface area (Å²) < 4.78 is 0. The molecule has 0 saturated carbocycles. The third-order valence-electron chi connectivity index (χ3n) is 3.64. The first-order valence-electron chi connectivity index (χ1n) is 6.57. The van der Waals surface area contributed by atoms with E-state index >= 15 is 0 Å². The van der Waals surface area contributed by atoms with Gasteiger partial charge in [-0.3, -0.25) is 4.79 Å². The number of fused-ring (bicyclic) bond motifs is 1. The maximum absolute atomic E-state index is 12.3. The quantitative estimate of drug-likeness (QED) is 0.654. The summed E-state index contributed by atoms with van der Waals surface area (Å²) in [5.74, 6) is 3.74. The van der Waals surface area contributed by atoms with Crippen LogP contribution in [0.25, 0.3) is 10.8 Å². The zero-order chi connectivity index (χ0) is 12.4. The standard InChI is InChI=1S/C16H18OS/c17-16(12-18-9-3-4-10-18)15-8-7-13-5-1-2-6-14(13)11-15/h1-2,5-8,11,18H,3-4,9-10,12H2. The first-order chi connectivity index (χ1) is 8.83. The van der Waals surface area contributed by atoms with Gasteiger partial charge in [0.15, 0.2) is 5.78 Å². The molecule has 1 aliphatic heterocycles. The minimum Gasteiger partial charge on any atom is -0.293 e. The average molecular weight is 258 g/mol. The van der Waals surface area contributed by atoms with Crippen LogP contribution in [0.3, 0.4) is 0 Å². The molecule has 0 aliphatic carbocycles. The van der Waals surface area contributed by atoms with Gasteiger partial charge in [-0.15, -0.1) is 0 Å². The van der Waals surface area contributed by atoms with E-state index in [0.29, 0.717) is 5.78 Å². The highest BCUT2D eigenvalue weighted by molar-refractivity contribution is 8.17. The molecule has 18 heavy (non-hydrogen) atoms. The Balaban J connectivity index is 1.82. The van der Waals surface area contributed by atoms with Crippen molar-refractivity contribution < 1.29 is 4.79 Å². The summed E-state index contributed by atoms with van der Waals surface area (Å²) in [7, 11) is -0.000883. The van der Waals surface area contributed by atoms with Crippen LogP contribution in [0.4, 0.5) is 0 Å². The molecule has 0 aromatic heterocycles. The molecule has 1 aliphatic rings. The second kappa shape index (κ2) is 5.15. The molecule has 1 nitrogen and oxygen atoms in total. The molecule has 0 unspecified atom stereocenters. The average Bonchev–Trinajstić information content (AvgIpc) is 2.91. The van der Waals surface area contributed by atoms with Gasteiger partial charge in [-0.1, -0.05) is 36.4 Å². The third kappa shape index (κ3) is 2.44. The molecule has 1 fully saturated rings. The lowest BCUT2D eigenvalue weighted by Crippen LogP contribution is -2.06. The number of hydrogen-bond donors (Lipinski definition) is 1. The number of carbonyl (C=O) groups excluding carboxylic acids is 1. The van der Waals surface area contributed by atoms with Crippen molar-refractivity contribution in [1.29, 1.82) is 0 Å². The summed E-state index contributed by atoms with van der Waals surface area (Å²) in [4.78, 5) is 12.3. The number of hydrogen-bond acceptors (Lipinski definition) is 1. The van der Waals surface area contributed by atoms with Gasteiger partial charge in [0.05, 0.1) is 0 Å². The van der Waals surface area contributed by atoms with Gasteiger partial charge < -0.3 is 0 Å². The first kappa shape index (κ1) is 11.8. The minimum atomic E-state index is -0.000883. The van der Waals surface area contributed by atoms with Gasteiger partial charge >= 0.3 is 0 Å². The van der Waals surface area contributed by atoms with Gasteiger partial charge in [-0.2, -0.15) is 0 Å². The molecule has 0 atom stereocenters. The largest absolute Gasteiger partial charge is 0.293 e. The Kier molecular flexibility index (Phi) is 3.37. The maximum atomic E-state index is 12.3. The fourth-order valence-electron chi connectivity index (χ4n) is 2.60. The lowest BCUT2D eigenvalue weighted by Gasteiger charge is -2.12. The Morgan fingerprint density at radius 1 is 1.00 bits per heavy atom. The number of Topliss-reactive ketones (excluding diaryl/α,β-unsaturated/α-hetero) is 1. The van der Waals surface area contributed by atoms with Crippen molar-refractivity contribution in [2.75, 3.05) is 17.3 Å². The van der Waals surface area contributed by atoms with Gasteiger partial charge in [-0.25, -0.2) is 10.9 Å². The molecule has 0 bridgehead atoms. The number of rotatable bonds is 3. The lowest BCUT2D eigenvalue weighted by atomic mass is 10.1. The topological polar surface area (TPSA) is 17.1 Å². The van der Waals surface area contributed by atoms with E-state index in [1.54, 1.807) is 0 Å². The van der Waals surface area contributed by atoms with Crippen molar-refractivity contribution in [3.63, 3.8) is 0 Å². The van der Waals surface area contributed by atoms with E-state index in [0.717, 1.165) is 11.3 Å². The number of thiol groups is 1. The van der Waals surface area contributed by atoms with Gasteiger partial charge in [0.25, 0.3) is 0 Å². The summed E-state index contributed by atoms with van der Waals surface area (Å²) in [6, 6.07) is 14.3. The van der Waals surface area contributed by atoms with Crippen LogP contribution in [-0.4, -0.2) is 23.0 Å². The minimum absolute atomic E-state index is 0.000883. The van der Waals surface area contributed by atoms with E-state index in [9.17, 15) is 4.79 Å². The predicted octanol–water partition coefficient (Wildman–Crippen LogP) is 3.82. The van der Waals surface area contributed by atoms with E-state index < -0.39 is 0 Å². The summed E-state index contributed by atoms with van der Waals surface area (Å²) in [6.07, 6.45) is 2.66. The van der Waals surface area contributed by atoms with Crippen LogP contribution in [0, 0.1) is 0 Å². The Labute approximate surface area is 111 Å². The highest BCUT2D eigenvalue weighted by Gasteiger charge is 2.16. The van der Waals surface area contributed by atoms with E-state index in [4.69, 9.17) is 0 Å². The predicted molar refractivity (Wildman–Crippen MR) is 81.1 cm³/mol. The van der Waals surface area contributed by atoms with Crippen LogP contribution in [0.2, 0.25) is 0 Å². The summed E-state index contributed by atoms with van der Waals surface area (Å²) in [5.41, 5.74) is 0.892. The molecule has 3 rings (SSSR count). The Bertz CT molecular complexity index is 570. The summed E-state index contributed by atoms with van der Waals surface area (Å²) >= 11 is 0. The smallest absolute Gasteiger partial charge is 0.171 e. The Morgan fingerprint density at radius 3 is 2.50 bits per heavy atom. The van der Waals surface area contributed by atoms with E-state index in [-0.39, 0.29) is 10.9 Å². The van der Waals surface area contributed by atoms with E-state index in [1.165, 1.54) is 35.1 Å². The number of ketones is 1. The second-order valence-electron chi connectivity index (χ2n) is 4.97. The molecule has 2 aromatic rings. The monoisotopic (exact) mass is 258 g/mol. The van der Waals surface area contributed by atoms with Crippen molar-refractivity contribution in [3.05, 3.63) is 48.0 Å². The molecule has 0 radical (unpaired) electrons. The molecule has 1 heterocycles. The van der Waals surface area contributed by atoms with Crippen molar-refractivity contribution in [3.8, 4) is 0 Å². The zero-order valence-corrected chi connectivity index (χ0v) is 11.3. The molecule has 0 spiro atoms. The van der Waals surface area contributed by atoms with Crippen LogP contribution < -0.4 is 0 Å².